The average molecular weight is 339 g/mol. The molecular formula is C20H28Cl2. The topological polar surface area (TPSA) is 0 Å². The summed E-state index contributed by atoms with van der Waals surface area (Å²) in [5.74, 6) is 0. The fraction of sp³-hybridized carbons (Fsp3) is 0.800. The van der Waals surface area contributed by atoms with Crippen LogP contribution in [0.2, 0.25) is 0 Å². The van der Waals surface area contributed by atoms with Crippen molar-refractivity contribution in [2.24, 2.45) is 10.8 Å². The summed E-state index contributed by atoms with van der Waals surface area (Å²) in [6.07, 6.45) is 18.7. The molecular weight excluding hydrogens is 311 g/mol. The van der Waals surface area contributed by atoms with Crippen LogP contribution >= 0.6 is 23.2 Å². The minimum Gasteiger partial charge on any atom is -0.0891 e. The van der Waals surface area contributed by atoms with Gasteiger partial charge in [0.05, 0.1) is 0 Å². The molecule has 0 aromatic carbocycles. The number of allylic oxidation sites excluding steroid dienone is 4. The molecule has 0 nitrogen and oxygen atoms in total. The van der Waals surface area contributed by atoms with Gasteiger partial charge in [-0.3, -0.25) is 0 Å². The summed E-state index contributed by atoms with van der Waals surface area (Å²) in [7, 11) is 0. The quantitative estimate of drug-likeness (QED) is 0.500. The largest absolute Gasteiger partial charge is 0.0891 e. The van der Waals surface area contributed by atoms with Crippen molar-refractivity contribution in [3.8, 4) is 0 Å². The van der Waals surface area contributed by atoms with Crippen LogP contribution in [-0.2, 0) is 0 Å². The molecule has 0 aromatic rings. The third-order valence-corrected chi connectivity index (χ3v) is 7.89. The maximum absolute atomic E-state index is 6.53. The molecule has 2 saturated carbocycles. The zero-order valence-electron chi connectivity index (χ0n) is 13.7. The second kappa shape index (κ2) is 5.85. The maximum atomic E-state index is 6.53. The summed E-state index contributed by atoms with van der Waals surface area (Å²) < 4.78 is 0. The molecule has 0 amide bonds. The molecule has 0 N–H and O–H groups in total. The molecule has 0 aromatic heterocycles. The number of hydrogen-bond acceptors (Lipinski definition) is 0. The average Bonchev–Trinajstić information content (AvgIpc) is 2.53. The van der Waals surface area contributed by atoms with E-state index >= 15 is 0 Å². The number of halogens is 2. The van der Waals surface area contributed by atoms with Gasteiger partial charge in [-0.1, -0.05) is 61.7 Å². The zero-order chi connectivity index (χ0) is 15.2. The van der Waals surface area contributed by atoms with Crippen LogP contribution in [0.25, 0.3) is 0 Å². The van der Waals surface area contributed by atoms with E-state index in [2.05, 4.69) is 0 Å². The fourth-order valence-corrected chi connectivity index (χ4v) is 6.95. The molecule has 2 heteroatoms. The van der Waals surface area contributed by atoms with E-state index in [1.54, 1.807) is 11.1 Å². The number of hydrogen-bond donors (Lipinski definition) is 0. The van der Waals surface area contributed by atoms with Gasteiger partial charge < -0.3 is 0 Å². The Labute approximate surface area is 145 Å². The predicted molar refractivity (Wildman–Crippen MR) is 95.3 cm³/mol. The van der Waals surface area contributed by atoms with E-state index in [4.69, 9.17) is 23.2 Å². The molecule has 122 valence electrons. The molecule has 4 aliphatic carbocycles. The van der Waals surface area contributed by atoms with Crippen LogP contribution in [0, 0.1) is 10.8 Å². The van der Waals surface area contributed by atoms with Crippen LogP contribution in [0.4, 0.5) is 0 Å². The first-order chi connectivity index (χ1) is 10.7. The molecule has 22 heavy (non-hydrogen) atoms. The van der Waals surface area contributed by atoms with Gasteiger partial charge >= 0.3 is 0 Å². The van der Waals surface area contributed by atoms with E-state index in [1.807, 2.05) is 0 Å². The molecule has 0 radical (unpaired) electrons. The smallest absolute Gasteiger partial charge is 0.0187 e. The van der Waals surface area contributed by atoms with Gasteiger partial charge in [0.1, 0.15) is 0 Å². The SMILES string of the molecule is ClC1=C(CCC2=C(Cl)CC23CCCCC3)C2(CCCCC2)C1. The first kappa shape index (κ1) is 15.6. The first-order valence-electron chi connectivity index (χ1n) is 9.41. The Morgan fingerprint density at radius 3 is 1.27 bits per heavy atom. The Morgan fingerprint density at radius 2 is 0.955 bits per heavy atom. The standard InChI is InChI=1S/C20H28Cl2/c21-17-13-19(9-3-1-4-10-19)15(17)7-8-16-18(22)14-20(16)11-5-2-6-12-20/h1-14H2. The van der Waals surface area contributed by atoms with E-state index in [0.717, 1.165) is 0 Å². The first-order valence-corrected chi connectivity index (χ1v) is 10.2. The van der Waals surface area contributed by atoms with Crippen molar-refractivity contribution in [2.45, 2.75) is 89.9 Å². The molecule has 0 heterocycles. The molecule has 0 atom stereocenters. The highest BCUT2D eigenvalue weighted by molar-refractivity contribution is 6.31. The lowest BCUT2D eigenvalue weighted by molar-refractivity contribution is 0.188. The van der Waals surface area contributed by atoms with Crippen LogP contribution in [0.15, 0.2) is 21.2 Å². The predicted octanol–water partition coefficient (Wildman–Crippen LogP) is 7.46. The van der Waals surface area contributed by atoms with Crippen molar-refractivity contribution in [1.82, 2.24) is 0 Å². The normalized spacial score (nSPS) is 29.7. The molecule has 0 saturated heterocycles. The van der Waals surface area contributed by atoms with Gasteiger partial charge in [-0.25, -0.2) is 0 Å². The Kier molecular flexibility index (Phi) is 4.14. The van der Waals surface area contributed by atoms with E-state index in [9.17, 15) is 0 Å². The Morgan fingerprint density at radius 1 is 0.591 bits per heavy atom. The highest BCUT2D eigenvalue weighted by Gasteiger charge is 2.47. The minimum atomic E-state index is 0.506. The lowest BCUT2D eigenvalue weighted by atomic mass is 9.56. The second-order valence-electron chi connectivity index (χ2n) is 8.30. The van der Waals surface area contributed by atoms with Gasteiger partial charge in [0.25, 0.3) is 0 Å². The van der Waals surface area contributed by atoms with Gasteiger partial charge in [-0.2, -0.15) is 0 Å². The van der Waals surface area contributed by atoms with Crippen molar-refractivity contribution >= 4 is 23.2 Å². The molecule has 0 bridgehead atoms. The van der Waals surface area contributed by atoms with E-state index < -0.39 is 0 Å². The minimum absolute atomic E-state index is 0.506. The summed E-state index contributed by atoms with van der Waals surface area (Å²) in [5.41, 5.74) is 4.24. The van der Waals surface area contributed by atoms with Crippen molar-refractivity contribution in [3.63, 3.8) is 0 Å². The third kappa shape index (κ3) is 2.40. The molecule has 4 aliphatic rings. The monoisotopic (exact) mass is 338 g/mol. The maximum Gasteiger partial charge on any atom is 0.0187 e. The summed E-state index contributed by atoms with van der Waals surface area (Å²) in [5, 5.41) is 2.38. The van der Waals surface area contributed by atoms with Gasteiger partial charge in [0.2, 0.25) is 0 Å². The van der Waals surface area contributed by atoms with Crippen LogP contribution < -0.4 is 0 Å². The lowest BCUT2D eigenvalue weighted by Gasteiger charge is -2.50. The van der Waals surface area contributed by atoms with E-state index in [0.29, 0.717) is 10.8 Å². The summed E-state index contributed by atoms with van der Waals surface area (Å²) >= 11 is 13.1. The summed E-state index contributed by atoms with van der Waals surface area (Å²) in [6.45, 7) is 0. The Bertz CT molecular complexity index is 466. The van der Waals surface area contributed by atoms with Gasteiger partial charge in [0, 0.05) is 10.1 Å². The molecule has 0 aliphatic heterocycles. The Hall–Kier alpha value is 0.0600. The zero-order valence-corrected chi connectivity index (χ0v) is 15.2. The number of rotatable bonds is 3. The molecule has 2 spiro atoms. The molecule has 4 rings (SSSR count). The van der Waals surface area contributed by atoms with Crippen LogP contribution in [-0.4, -0.2) is 0 Å². The third-order valence-electron chi connectivity index (χ3n) is 7.17. The van der Waals surface area contributed by atoms with Gasteiger partial charge in [0.15, 0.2) is 0 Å². The molecule has 2 fully saturated rings. The van der Waals surface area contributed by atoms with Crippen LogP contribution in [0.5, 0.6) is 0 Å². The van der Waals surface area contributed by atoms with Crippen LogP contribution in [0.1, 0.15) is 89.9 Å². The van der Waals surface area contributed by atoms with Crippen molar-refractivity contribution < 1.29 is 0 Å². The van der Waals surface area contributed by atoms with E-state index in [1.165, 1.54) is 100.0 Å². The van der Waals surface area contributed by atoms with Gasteiger partial charge in [-0.05, 0) is 73.3 Å². The highest BCUT2D eigenvalue weighted by atomic mass is 35.5. The van der Waals surface area contributed by atoms with Crippen molar-refractivity contribution in [3.05, 3.63) is 21.2 Å². The Balaban J connectivity index is 1.44. The van der Waals surface area contributed by atoms with Crippen LogP contribution in [0.3, 0.4) is 0 Å². The second-order valence-corrected chi connectivity index (χ2v) is 9.21. The molecule has 0 unspecified atom stereocenters. The summed E-state index contributed by atoms with van der Waals surface area (Å²) in [4.78, 5) is 0. The summed E-state index contributed by atoms with van der Waals surface area (Å²) in [6, 6.07) is 0. The van der Waals surface area contributed by atoms with Crippen molar-refractivity contribution in [2.75, 3.05) is 0 Å². The van der Waals surface area contributed by atoms with E-state index in [-0.39, 0.29) is 0 Å². The van der Waals surface area contributed by atoms with Crippen molar-refractivity contribution in [1.29, 1.82) is 0 Å². The highest BCUT2D eigenvalue weighted by Crippen LogP contribution is 2.61. The fourth-order valence-electron chi connectivity index (χ4n) is 5.85. The van der Waals surface area contributed by atoms with Gasteiger partial charge in [-0.15, -0.1) is 0 Å². The lowest BCUT2D eigenvalue weighted by Crippen LogP contribution is -2.37.